The molecule has 4 heteroatoms. The van der Waals surface area contributed by atoms with Crippen LogP contribution in [0, 0.1) is 0 Å². The largest absolute Gasteiger partial charge is 0.141 e. The number of hydrogen-bond donors (Lipinski definition) is 0. The number of rotatable bonds is 1. The summed E-state index contributed by atoms with van der Waals surface area (Å²) >= 11 is 17.3. The molecule has 0 N–H and O–H groups in total. The van der Waals surface area contributed by atoms with Gasteiger partial charge < -0.3 is 0 Å². The number of halogens is 2. The monoisotopic (exact) mass is 222 g/mol. The summed E-state index contributed by atoms with van der Waals surface area (Å²) in [6.45, 7) is 0. The molecule has 0 radical (unpaired) electrons. The summed E-state index contributed by atoms with van der Waals surface area (Å²) in [5.74, 6) is 0. The Labute approximate surface area is 84.9 Å². The Morgan fingerprint density at radius 3 is 2.73 bits per heavy atom. The van der Waals surface area contributed by atoms with Crippen LogP contribution in [0.3, 0.4) is 0 Å². The van der Waals surface area contributed by atoms with Crippen molar-refractivity contribution in [2.24, 2.45) is 0 Å². The van der Waals surface area contributed by atoms with E-state index in [0.717, 1.165) is 4.90 Å². The first kappa shape index (κ1) is 9.33. The summed E-state index contributed by atoms with van der Waals surface area (Å²) in [5, 5.41) is 0.697. The van der Waals surface area contributed by atoms with Gasteiger partial charge in [0.2, 0.25) is 0 Å². The zero-order valence-electron chi connectivity index (χ0n) is 5.38. The van der Waals surface area contributed by atoms with Gasteiger partial charge in [0.1, 0.15) is 3.66 Å². The van der Waals surface area contributed by atoms with E-state index in [-0.39, 0.29) is 0 Å². The molecular weight excluding hydrogens is 219 g/mol. The fraction of sp³-hybridized carbons (Fsp3) is 0. The van der Waals surface area contributed by atoms with Gasteiger partial charge in [0.25, 0.3) is 0 Å². The van der Waals surface area contributed by atoms with Crippen molar-refractivity contribution in [1.82, 2.24) is 0 Å². The molecule has 11 heavy (non-hydrogen) atoms. The molecule has 0 heterocycles. The Morgan fingerprint density at radius 2 is 2.18 bits per heavy atom. The van der Waals surface area contributed by atoms with Gasteiger partial charge in [-0.2, -0.15) is 0 Å². The van der Waals surface area contributed by atoms with Gasteiger partial charge in [0.05, 0.1) is 0 Å². The molecule has 0 unspecified atom stereocenters. The Bertz CT molecular complexity index is 273. The third-order valence-electron chi connectivity index (χ3n) is 0.994. The molecule has 0 saturated carbocycles. The van der Waals surface area contributed by atoms with Gasteiger partial charge in [-0.25, -0.2) is 0 Å². The van der Waals surface area contributed by atoms with Crippen molar-refractivity contribution < 1.29 is 0 Å². The summed E-state index contributed by atoms with van der Waals surface area (Å²) in [5.41, 5.74) is 0. The summed E-state index contributed by atoms with van der Waals surface area (Å²) in [7, 11) is 0. The van der Waals surface area contributed by atoms with Crippen molar-refractivity contribution in [2.45, 2.75) is 4.90 Å². The van der Waals surface area contributed by atoms with E-state index >= 15 is 0 Å². The van der Waals surface area contributed by atoms with E-state index in [4.69, 9.17) is 35.4 Å². The molecule has 0 saturated heterocycles. The first-order valence-corrected chi connectivity index (χ1v) is 4.79. The molecular formula is C7H4Cl2S2. The van der Waals surface area contributed by atoms with Crippen LogP contribution in [-0.2, 0) is 0 Å². The second-order valence-corrected chi connectivity index (χ2v) is 4.81. The normalized spacial score (nSPS) is 9.64. The highest BCUT2D eigenvalue weighted by atomic mass is 35.5. The maximum absolute atomic E-state index is 5.73. The van der Waals surface area contributed by atoms with Crippen LogP contribution < -0.4 is 0 Å². The molecule has 0 aromatic heterocycles. The molecule has 0 spiro atoms. The van der Waals surface area contributed by atoms with Crippen molar-refractivity contribution in [1.29, 1.82) is 0 Å². The van der Waals surface area contributed by atoms with Crippen LogP contribution in [0.5, 0.6) is 0 Å². The van der Waals surface area contributed by atoms with Gasteiger partial charge in [-0.3, -0.25) is 0 Å². The summed E-state index contributed by atoms with van der Waals surface area (Å²) in [6.07, 6.45) is 0. The lowest BCUT2D eigenvalue weighted by molar-refractivity contribution is 1.48. The summed E-state index contributed by atoms with van der Waals surface area (Å²) in [6, 6.07) is 7.40. The van der Waals surface area contributed by atoms with E-state index < -0.39 is 0 Å². The van der Waals surface area contributed by atoms with Crippen molar-refractivity contribution in [3.05, 3.63) is 29.3 Å². The number of hydrogen-bond acceptors (Lipinski definition) is 2. The van der Waals surface area contributed by atoms with E-state index in [1.54, 1.807) is 0 Å². The van der Waals surface area contributed by atoms with Crippen LogP contribution in [0.25, 0.3) is 0 Å². The maximum atomic E-state index is 5.73. The van der Waals surface area contributed by atoms with Crippen molar-refractivity contribution in [3.8, 4) is 0 Å². The van der Waals surface area contributed by atoms with Gasteiger partial charge in [0, 0.05) is 9.92 Å². The molecule has 0 aliphatic rings. The molecule has 0 nitrogen and oxygen atoms in total. The minimum absolute atomic E-state index is 0.382. The predicted octanol–water partition coefficient (Wildman–Crippen LogP) is 3.96. The lowest BCUT2D eigenvalue weighted by Gasteiger charge is -1.96. The minimum Gasteiger partial charge on any atom is -0.0843 e. The third kappa shape index (κ3) is 3.43. The van der Waals surface area contributed by atoms with E-state index in [2.05, 4.69) is 0 Å². The Kier molecular flexibility index (Phi) is 3.66. The topological polar surface area (TPSA) is 0 Å². The number of thioether (sulfide) groups is 1. The molecule has 0 amide bonds. The highest BCUT2D eigenvalue weighted by Gasteiger charge is 1.96. The second kappa shape index (κ2) is 4.31. The first-order valence-electron chi connectivity index (χ1n) is 2.81. The summed E-state index contributed by atoms with van der Waals surface area (Å²) in [4.78, 5) is 0.970. The van der Waals surface area contributed by atoms with Crippen molar-refractivity contribution in [2.75, 3.05) is 0 Å². The third-order valence-corrected chi connectivity index (χ3v) is 2.36. The molecule has 58 valence electrons. The molecule has 1 aromatic carbocycles. The van der Waals surface area contributed by atoms with Gasteiger partial charge >= 0.3 is 0 Å². The highest BCUT2D eigenvalue weighted by molar-refractivity contribution is 8.26. The Hall–Kier alpha value is 0.240. The zero-order chi connectivity index (χ0) is 8.27. The molecule has 0 aliphatic heterocycles. The number of thiocarbonyl (C=S) groups is 1. The fourth-order valence-electron chi connectivity index (χ4n) is 0.623. The van der Waals surface area contributed by atoms with Crippen molar-refractivity contribution in [3.63, 3.8) is 0 Å². The Morgan fingerprint density at radius 1 is 1.45 bits per heavy atom. The average Bonchev–Trinajstić information content (AvgIpc) is 1.85. The number of benzene rings is 1. The summed E-state index contributed by atoms with van der Waals surface area (Å²) < 4.78 is 0.382. The van der Waals surface area contributed by atoms with Crippen LogP contribution in [-0.4, -0.2) is 3.66 Å². The van der Waals surface area contributed by atoms with E-state index in [0.29, 0.717) is 8.68 Å². The minimum atomic E-state index is 0.382. The SMILES string of the molecule is S=C(Cl)Sc1cccc(Cl)c1. The maximum Gasteiger partial charge on any atom is 0.141 e. The first-order chi connectivity index (χ1) is 5.18. The second-order valence-electron chi connectivity index (χ2n) is 1.80. The molecule has 0 atom stereocenters. The predicted molar refractivity (Wildman–Crippen MR) is 55.8 cm³/mol. The van der Waals surface area contributed by atoms with E-state index in [1.165, 1.54) is 11.8 Å². The molecule has 0 fully saturated rings. The van der Waals surface area contributed by atoms with Crippen LogP contribution in [0.1, 0.15) is 0 Å². The van der Waals surface area contributed by atoms with Crippen molar-refractivity contribution >= 4 is 50.8 Å². The van der Waals surface area contributed by atoms with Gasteiger partial charge in [-0.1, -0.05) is 53.2 Å². The molecule has 1 aromatic rings. The molecule has 0 bridgehead atoms. The van der Waals surface area contributed by atoms with Crippen LogP contribution >= 0.6 is 47.2 Å². The molecule has 1 rings (SSSR count). The quantitative estimate of drug-likeness (QED) is 0.401. The van der Waals surface area contributed by atoms with E-state index in [1.807, 2.05) is 24.3 Å². The lowest BCUT2D eigenvalue weighted by Crippen LogP contribution is -1.73. The fourth-order valence-corrected chi connectivity index (χ4v) is 1.95. The zero-order valence-corrected chi connectivity index (χ0v) is 8.53. The Balaban J connectivity index is 2.79. The smallest absolute Gasteiger partial charge is 0.0843 e. The van der Waals surface area contributed by atoms with Gasteiger partial charge in [-0.15, -0.1) is 0 Å². The van der Waals surface area contributed by atoms with Crippen LogP contribution in [0.2, 0.25) is 5.02 Å². The lowest BCUT2D eigenvalue weighted by atomic mass is 10.4. The average molecular weight is 223 g/mol. The molecule has 0 aliphatic carbocycles. The van der Waals surface area contributed by atoms with Gasteiger partial charge in [0.15, 0.2) is 0 Å². The van der Waals surface area contributed by atoms with E-state index in [9.17, 15) is 0 Å². The van der Waals surface area contributed by atoms with Gasteiger partial charge in [-0.05, 0) is 18.2 Å². The van der Waals surface area contributed by atoms with Crippen LogP contribution in [0.15, 0.2) is 29.2 Å². The standard InChI is InChI=1S/C7H4Cl2S2/c8-5-2-1-3-6(4-5)11-7(9)10/h1-4H. The highest BCUT2D eigenvalue weighted by Crippen LogP contribution is 2.24. The van der Waals surface area contributed by atoms with Crippen LogP contribution in [0.4, 0.5) is 0 Å².